The third-order valence-corrected chi connectivity index (χ3v) is 7.92. The molecule has 1 atom stereocenters. The molecule has 0 spiro atoms. The zero-order chi connectivity index (χ0) is 29.4. The molecule has 0 aliphatic carbocycles. The zero-order valence-corrected chi connectivity index (χ0v) is 24.7. The fourth-order valence-electron chi connectivity index (χ4n) is 4.14. The lowest BCUT2D eigenvalue weighted by molar-refractivity contribution is -0.140. The van der Waals surface area contributed by atoms with E-state index in [1.54, 1.807) is 25.1 Å². The molecule has 0 radical (unpaired) electrons. The van der Waals surface area contributed by atoms with Gasteiger partial charge in [0, 0.05) is 30.1 Å². The van der Waals surface area contributed by atoms with Gasteiger partial charge in [0.15, 0.2) is 0 Å². The minimum atomic E-state index is -3.93. The van der Waals surface area contributed by atoms with Crippen LogP contribution in [0.15, 0.2) is 72.8 Å². The maximum atomic E-state index is 14.8. The molecule has 0 saturated heterocycles. The lowest BCUT2D eigenvalue weighted by atomic mass is 10.0. The lowest BCUT2D eigenvalue weighted by Crippen LogP contribution is -2.53. The van der Waals surface area contributed by atoms with Crippen LogP contribution in [0.25, 0.3) is 0 Å². The Morgan fingerprint density at radius 3 is 2.25 bits per heavy atom. The average Bonchev–Trinajstić information content (AvgIpc) is 2.90. The van der Waals surface area contributed by atoms with E-state index in [4.69, 9.17) is 11.6 Å². The second-order valence-corrected chi connectivity index (χ2v) is 12.5. The monoisotopic (exact) mass is 587 g/mol. The summed E-state index contributed by atoms with van der Waals surface area (Å²) in [5.74, 6) is -1.45. The molecule has 7 nitrogen and oxygen atoms in total. The van der Waals surface area contributed by atoms with Gasteiger partial charge in [-0.3, -0.25) is 13.9 Å². The van der Waals surface area contributed by atoms with Crippen molar-refractivity contribution < 1.29 is 22.4 Å². The van der Waals surface area contributed by atoms with Crippen LogP contribution in [0.2, 0.25) is 5.02 Å². The van der Waals surface area contributed by atoms with Crippen LogP contribution >= 0.6 is 11.6 Å². The molecule has 0 unspecified atom stereocenters. The molecule has 2 amide bonds. The van der Waals surface area contributed by atoms with Gasteiger partial charge < -0.3 is 10.2 Å². The molecule has 0 saturated carbocycles. The number of nitrogens with one attached hydrogen (secondary N) is 1. The van der Waals surface area contributed by atoms with Crippen molar-refractivity contribution in [2.45, 2.75) is 39.8 Å². The van der Waals surface area contributed by atoms with Gasteiger partial charge in [-0.2, -0.15) is 0 Å². The minimum absolute atomic E-state index is 0.153. The van der Waals surface area contributed by atoms with E-state index >= 15 is 0 Å². The molecule has 0 fully saturated rings. The van der Waals surface area contributed by atoms with Crippen molar-refractivity contribution in [3.8, 4) is 0 Å². The van der Waals surface area contributed by atoms with Crippen LogP contribution in [0.5, 0.6) is 0 Å². The van der Waals surface area contributed by atoms with E-state index < -0.39 is 40.2 Å². The first-order chi connectivity index (χ1) is 18.9. The number of sulfonamides is 1. The Morgan fingerprint density at radius 1 is 1.00 bits per heavy atom. The van der Waals surface area contributed by atoms with E-state index in [1.165, 1.54) is 29.2 Å². The molecule has 0 aromatic heterocycles. The highest BCUT2D eigenvalue weighted by atomic mass is 35.5. The first-order valence-corrected chi connectivity index (χ1v) is 15.2. The summed E-state index contributed by atoms with van der Waals surface area (Å²) in [5.41, 5.74) is 1.95. The predicted molar refractivity (Wildman–Crippen MR) is 157 cm³/mol. The molecule has 3 aromatic carbocycles. The second kappa shape index (κ2) is 13.8. The molecule has 3 rings (SSSR count). The van der Waals surface area contributed by atoms with Crippen molar-refractivity contribution in [1.82, 2.24) is 10.2 Å². The maximum Gasteiger partial charge on any atom is 0.244 e. The maximum absolute atomic E-state index is 14.8. The van der Waals surface area contributed by atoms with E-state index in [2.05, 4.69) is 5.32 Å². The van der Waals surface area contributed by atoms with Crippen molar-refractivity contribution in [2.75, 3.05) is 23.7 Å². The minimum Gasteiger partial charge on any atom is -0.354 e. The molecular formula is C30H35ClFN3O4S. The number of carbonyl (C=O) groups is 2. The van der Waals surface area contributed by atoms with Crippen molar-refractivity contribution in [3.63, 3.8) is 0 Å². The Hall–Kier alpha value is -3.43. The Bertz CT molecular complexity index is 1430. The number of hydrogen-bond acceptors (Lipinski definition) is 4. The van der Waals surface area contributed by atoms with Crippen LogP contribution in [-0.4, -0.2) is 50.5 Å². The average molecular weight is 588 g/mol. The number of amides is 2. The highest BCUT2D eigenvalue weighted by Crippen LogP contribution is 2.26. The van der Waals surface area contributed by atoms with E-state index in [0.29, 0.717) is 11.6 Å². The van der Waals surface area contributed by atoms with Gasteiger partial charge in [-0.25, -0.2) is 12.8 Å². The Labute approximate surface area is 241 Å². The Morgan fingerprint density at radius 2 is 1.65 bits per heavy atom. The smallest absolute Gasteiger partial charge is 0.244 e. The summed E-state index contributed by atoms with van der Waals surface area (Å²) >= 11 is 6.26. The molecule has 1 N–H and O–H groups in total. The van der Waals surface area contributed by atoms with E-state index in [-0.39, 0.29) is 30.1 Å². The van der Waals surface area contributed by atoms with Crippen LogP contribution in [0, 0.1) is 18.7 Å². The number of nitrogens with zero attached hydrogens (tertiary/aromatic N) is 2. The normalized spacial score (nSPS) is 12.2. The number of anilines is 1. The summed E-state index contributed by atoms with van der Waals surface area (Å²) in [6.07, 6.45) is 1.15. The summed E-state index contributed by atoms with van der Waals surface area (Å²) in [6, 6.07) is 18.8. The van der Waals surface area contributed by atoms with Crippen LogP contribution in [-0.2, 0) is 32.6 Å². The van der Waals surface area contributed by atoms with Gasteiger partial charge in [-0.05, 0) is 42.2 Å². The SMILES string of the molecule is Cc1ccc(N(CC(=O)N(Cc2ccccc2F)[C@H](Cc2ccccc2)C(=O)NCC(C)C)S(C)(=O)=O)cc1Cl. The molecule has 214 valence electrons. The summed E-state index contributed by atoms with van der Waals surface area (Å²) in [7, 11) is -3.93. The molecular weight excluding hydrogens is 553 g/mol. The quantitative estimate of drug-likeness (QED) is 0.324. The van der Waals surface area contributed by atoms with Crippen molar-refractivity contribution >= 4 is 39.1 Å². The number of carbonyl (C=O) groups excluding carboxylic acids is 2. The largest absolute Gasteiger partial charge is 0.354 e. The number of hydrogen-bond donors (Lipinski definition) is 1. The molecule has 40 heavy (non-hydrogen) atoms. The van der Waals surface area contributed by atoms with Gasteiger partial charge in [-0.15, -0.1) is 0 Å². The summed E-state index contributed by atoms with van der Waals surface area (Å²) in [5, 5.41) is 3.24. The third-order valence-electron chi connectivity index (χ3n) is 6.38. The van der Waals surface area contributed by atoms with E-state index in [9.17, 15) is 22.4 Å². The highest BCUT2D eigenvalue weighted by molar-refractivity contribution is 7.92. The second-order valence-electron chi connectivity index (χ2n) is 10.2. The fraction of sp³-hybridized carbons (Fsp3) is 0.333. The number of halogens is 2. The lowest BCUT2D eigenvalue weighted by Gasteiger charge is -2.33. The van der Waals surface area contributed by atoms with Gasteiger partial charge in [0.1, 0.15) is 18.4 Å². The van der Waals surface area contributed by atoms with Crippen LogP contribution < -0.4 is 9.62 Å². The standard InChI is InChI=1S/C30H35ClFN3O4S/c1-21(2)18-33-30(37)28(16-23-10-6-5-7-11-23)34(19-24-12-8-9-13-27(24)32)29(36)20-35(40(4,38)39)25-15-14-22(3)26(31)17-25/h5-15,17,21,28H,16,18-20H2,1-4H3,(H,33,37)/t28-/m1/s1. The van der Waals surface area contributed by atoms with Gasteiger partial charge in [0.25, 0.3) is 0 Å². The molecule has 10 heteroatoms. The van der Waals surface area contributed by atoms with E-state index in [0.717, 1.165) is 21.7 Å². The summed E-state index contributed by atoms with van der Waals surface area (Å²) < 4.78 is 41.4. The first kappa shape index (κ1) is 31.1. The van der Waals surface area contributed by atoms with Gasteiger partial charge in [0.2, 0.25) is 21.8 Å². The predicted octanol–water partition coefficient (Wildman–Crippen LogP) is 4.97. The summed E-state index contributed by atoms with van der Waals surface area (Å²) in [4.78, 5) is 28.8. The van der Waals surface area contributed by atoms with Gasteiger partial charge >= 0.3 is 0 Å². The Balaban J connectivity index is 2.07. The van der Waals surface area contributed by atoms with Gasteiger partial charge in [0.05, 0.1) is 11.9 Å². The number of aryl methyl sites for hydroxylation is 1. The number of benzene rings is 3. The van der Waals surface area contributed by atoms with Crippen LogP contribution in [0.3, 0.4) is 0 Å². The zero-order valence-electron chi connectivity index (χ0n) is 23.1. The molecule has 0 bridgehead atoms. The van der Waals surface area contributed by atoms with Gasteiger partial charge in [-0.1, -0.05) is 80.0 Å². The van der Waals surface area contributed by atoms with Crippen molar-refractivity contribution in [1.29, 1.82) is 0 Å². The number of rotatable bonds is 12. The van der Waals surface area contributed by atoms with Crippen molar-refractivity contribution in [2.24, 2.45) is 5.92 Å². The Kier molecular flexibility index (Phi) is 10.7. The topological polar surface area (TPSA) is 86.8 Å². The highest BCUT2D eigenvalue weighted by Gasteiger charge is 2.33. The summed E-state index contributed by atoms with van der Waals surface area (Å²) in [6.45, 7) is 5.22. The first-order valence-electron chi connectivity index (χ1n) is 12.9. The molecule has 0 heterocycles. The molecule has 0 aliphatic heterocycles. The molecule has 0 aliphatic rings. The van der Waals surface area contributed by atoms with Crippen LogP contribution in [0.1, 0.15) is 30.5 Å². The molecule has 3 aromatic rings. The van der Waals surface area contributed by atoms with Crippen molar-refractivity contribution in [3.05, 3.63) is 100 Å². The van der Waals surface area contributed by atoms with Crippen LogP contribution in [0.4, 0.5) is 10.1 Å². The van der Waals surface area contributed by atoms with E-state index in [1.807, 2.05) is 44.2 Å². The third kappa shape index (κ3) is 8.53. The fourth-order valence-corrected chi connectivity index (χ4v) is 5.15.